The second-order valence-corrected chi connectivity index (χ2v) is 7.02. The molecule has 30 heavy (non-hydrogen) atoms. The summed E-state index contributed by atoms with van der Waals surface area (Å²) in [5.41, 5.74) is 1.21. The average molecular weight is 419 g/mol. The highest BCUT2D eigenvalue weighted by Crippen LogP contribution is 2.35. The van der Waals surface area contributed by atoms with Gasteiger partial charge < -0.3 is 5.32 Å². The van der Waals surface area contributed by atoms with Crippen molar-refractivity contribution in [1.29, 1.82) is 0 Å². The number of carbonyl (C=O) groups is 1. The Hall–Kier alpha value is -3.16. The van der Waals surface area contributed by atoms with Gasteiger partial charge in [0.1, 0.15) is 11.5 Å². The summed E-state index contributed by atoms with van der Waals surface area (Å²) in [7, 11) is 1.71. The lowest BCUT2D eigenvalue weighted by Crippen LogP contribution is -2.26. The van der Waals surface area contributed by atoms with Crippen LogP contribution in [0.5, 0.6) is 0 Å². The lowest BCUT2D eigenvalue weighted by molar-refractivity contribution is -0.139. The van der Waals surface area contributed by atoms with Crippen LogP contribution in [0.2, 0.25) is 0 Å². The zero-order valence-electron chi connectivity index (χ0n) is 16.6. The molecule has 1 heterocycles. The minimum Gasteiger partial charge on any atom is -0.351 e. The highest BCUT2D eigenvalue weighted by molar-refractivity contribution is 5.92. The third kappa shape index (κ3) is 4.87. The number of aryl methyl sites for hydroxylation is 3. The number of amides is 1. The van der Waals surface area contributed by atoms with Crippen molar-refractivity contribution in [2.75, 3.05) is 6.54 Å². The first-order valence-corrected chi connectivity index (χ1v) is 9.40. The molecule has 3 aromatic rings. The van der Waals surface area contributed by atoms with Crippen LogP contribution in [0.25, 0.3) is 11.1 Å². The van der Waals surface area contributed by atoms with E-state index in [1.807, 2.05) is 6.92 Å². The number of hydrogen-bond donors (Lipinski definition) is 1. The van der Waals surface area contributed by atoms with E-state index in [4.69, 9.17) is 0 Å². The minimum absolute atomic E-state index is 0.0879. The molecule has 3 rings (SSSR count). The number of nitrogens with one attached hydrogen (secondary N) is 1. The number of carbonyl (C=O) groups excluding carboxylic acids is 1. The smallest absolute Gasteiger partial charge is 0.351 e. The van der Waals surface area contributed by atoms with Crippen LogP contribution in [-0.2, 0) is 19.6 Å². The number of nitrogens with zero attached hydrogens (tertiary/aromatic N) is 2. The predicted octanol–water partition coefficient (Wildman–Crippen LogP) is 4.92. The molecule has 0 spiro atoms. The summed E-state index contributed by atoms with van der Waals surface area (Å²) >= 11 is 0. The maximum Gasteiger partial charge on any atom is 0.419 e. The number of rotatable bonds is 6. The van der Waals surface area contributed by atoms with Gasteiger partial charge in [0.15, 0.2) is 0 Å². The largest absolute Gasteiger partial charge is 0.419 e. The molecule has 1 aromatic heterocycles. The van der Waals surface area contributed by atoms with Crippen molar-refractivity contribution in [3.63, 3.8) is 0 Å². The van der Waals surface area contributed by atoms with Crippen molar-refractivity contribution in [2.24, 2.45) is 7.05 Å². The van der Waals surface area contributed by atoms with E-state index in [0.29, 0.717) is 30.6 Å². The van der Waals surface area contributed by atoms with E-state index >= 15 is 0 Å². The standard InChI is InChI=1S/C22H21F4N3O/c1-14-13-19(29(2)28-14)21(30)27-12-4-5-15-8-10-16(11-9-15)17-6-3-7-18(20(17)23)22(24,25)26/h3,6-11,13H,4-5,12H2,1-2H3,(H,27,30). The van der Waals surface area contributed by atoms with Crippen molar-refractivity contribution in [2.45, 2.75) is 25.9 Å². The second kappa shape index (κ2) is 8.69. The Kier molecular flexibility index (Phi) is 6.24. The summed E-state index contributed by atoms with van der Waals surface area (Å²) < 4.78 is 54.5. The van der Waals surface area contributed by atoms with E-state index in [0.717, 1.165) is 17.3 Å². The van der Waals surface area contributed by atoms with E-state index in [2.05, 4.69) is 10.4 Å². The lowest BCUT2D eigenvalue weighted by Gasteiger charge is -2.12. The summed E-state index contributed by atoms with van der Waals surface area (Å²) in [6.07, 6.45) is -3.39. The maximum atomic E-state index is 14.3. The van der Waals surface area contributed by atoms with Crippen LogP contribution in [0.3, 0.4) is 0 Å². The zero-order valence-corrected chi connectivity index (χ0v) is 16.6. The first-order valence-electron chi connectivity index (χ1n) is 9.40. The van der Waals surface area contributed by atoms with Crippen molar-refractivity contribution >= 4 is 5.91 Å². The van der Waals surface area contributed by atoms with Gasteiger partial charge in [0.05, 0.1) is 11.3 Å². The summed E-state index contributed by atoms with van der Waals surface area (Å²) in [4.78, 5) is 12.1. The third-order valence-electron chi connectivity index (χ3n) is 4.73. The van der Waals surface area contributed by atoms with Crippen molar-refractivity contribution in [1.82, 2.24) is 15.1 Å². The Morgan fingerprint density at radius 3 is 2.43 bits per heavy atom. The van der Waals surface area contributed by atoms with Crippen molar-refractivity contribution in [3.8, 4) is 11.1 Å². The number of halogens is 4. The molecule has 0 unspecified atom stereocenters. The highest BCUT2D eigenvalue weighted by atomic mass is 19.4. The van der Waals surface area contributed by atoms with E-state index in [1.54, 1.807) is 37.4 Å². The first kappa shape index (κ1) is 21.5. The Morgan fingerprint density at radius 2 is 1.83 bits per heavy atom. The van der Waals surface area contributed by atoms with E-state index in [-0.39, 0.29) is 11.5 Å². The van der Waals surface area contributed by atoms with Gasteiger partial charge in [0.25, 0.3) is 5.91 Å². The molecular formula is C22H21F4N3O. The Morgan fingerprint density at radius 1 is 1.13 bits per heavy atom. The summed E-state index contributed by atoms with van der Waals surface area (Å²) in [5, 5.41) is 6.97. The molecule has 0 saturated heterocycles. The van der Waals surface area contributed by atoms with Gasteiger partial charge in [-0.05, 0) is 43.0 Å². The fourth-order valence-electron chi connectivity index (χ4n) is 3.23. The van der Waals surface area contributed by atoms with Gasteiger partial charge in [-0.25, -0.2) is 4.39 Å². The average Bonchev–Trinajstić information content (AvgIpc) is 3.03. The highest BCUT2D eigenvalue weighted by Gasteiger charge is 2.34. The Balaban J connectivity index is 1.58. The molecule has 158 valence electrons. The molecule has 2 aromatic carbocycles. The maximum absolute atomic E-state index is 14.3. The van der Waals surface area contributed by atoms with Crippen molar-refractivity contribution < 1.29 is 22.4 Å². The van der Waals surface area contributed by atoms with Gasteiger partial charge in [-0.1, -0.05) is 36.4 Å². The topological polar surface area (TPSA) is 46.9 Å². The molecule has 0 atom stereocenters. The van der Waals surface area contributed by atoms with Gasteiger partial charge in [-0.15, -0.1) is 0 Å². The molecule has 0 aliphatic heterocycles. The first-order chi connectivity index (χ1) is 14.2. The minimum atomic E-state index is -4.74. The molecule has 0 aliphatic rings. The van der Waals surface area contributed by atoms with Gasteiger partial charge in [0.2, 0.25) is 0 Å². The molecule has 0 radical (unpaired) electrons. The number of benzene rings is 2. The number of hydrogen-bond acceptors (Lipinski definition) is 2. The van der Waals surface area contributed by atoms with Crippen LogP contribution in [0.4, 0.5) is 17.6 Å². The van der Waals surface area contributed by atoms with Crippen LogP contribution >= 0.6 is 0 Å². The van der Waals surface area contributed by atoms with Crippen LogP contribution in [0, 0.1) is 12.7 Å². The summed E-state index contributed by atoms with van der Waals surface area (Å²) in [5.74, 6) is -1.47. The van der Waals surface area contributed by atoms with Gasteiger partial charge >= 0.3 is 6.18 Å². The molecule has 0 fully saturated rings. The predicted molar refractivity (Wildman–Crippen MR) is 105 cm³/mol. The monoisotopic (exact) mass is 419 g/mol. The van der Waals surface area contributed by atoms with E-state index < -0.39 is 17.6 Å². The van der Waals surface area contributed by atoms with E-state index in [9.17, 15) is 22.4 Å². The quantitative estimate of drug-likeness (QED) is 0.456. The SMILES string of the molecule is Cc1cc(C(=O)NCCCc2ccc(-c3cccc(C(F)(F)F)c3F)cc2)n(C)n1. The summed E-state index contributed by atoms with van der Waals surface area (Å²) in [6, 6.07) is 11.7. The van der Waals surface area contributed by atoms with Crippen LogP contribution in [0.1, 0.15) is 33.7 Å². The van der Waals surface area contributed by atoms with Crippen LogP contribution < -0.4 is 5.32 Å². The fourth-order valence-corrected chi connectivity index (χ4v) is 3.23. The molecule has 1 amide bonds. The summed E-state index contributed by atoms with van der Waals surface area (Å²) in [6.45, 7) is 2.28. The molecule has 1 N–H and O–H groups in total. The van der Waals surface area contributed by atoms with Gasteiger partial charge in [-0.2, -0.15) is 18.3 Å². The van der Waals surface area contributed by atoms with Gasteiger partial charge in [-0.3, -0.25) is 9.48 Å². The second-order valence-electron chi connectivity index (χ2n) is 7.02. The molecule has 8 heteroatoms. The number of alkyl halides is 3. The molecular weight excluding hydrogens is 398 g/mol. The number of aromatic nitrogens is 2. The Labute approximate surface area is 171 Å². The van der Waals surface area contributed by atoms with Gasteiger partial charge in [0, 0.05) is 19.2 Å². The van der Waals surface area contributed by atoms with Crippen LogP contribution in [0.15, 0.2) is 48.5 Å². The van der Waals surface area contributed by atoms with E-state index in [1.165, 1.54) is 16.8 Å². The molecule has 0 bridgehead atoms. The fraction of sp³-hybridized carbons (Fsp3) is 0.273. The zero-order chi connectivity index (χ0) is 21.9. The molecule has 0 aliphatic carbocycles. The molecule has 0 saturated carbocycles. The lowest BCUT2D eigenvalue weighted by atomic mass is 9.99. The van der Waals surface area contributed by atoms with Crippen LogP contribution in [-0.4, -0.2) is 22.2 Å². The molecule has 4 nitrogen and oxygen atoms in total. The third-order valence-corrected chi connectivity index (χ3v) is 4.73. The normalized spacial score (nSPS) is 11.5. The van der Waals surface area contributed by atoms with Crippen molar-refractivity contribution in [3.05, 3.63) is 76.9 Å². The Bertz CT molecular complexity index is 1040.